The van der Waals surface area contributed by atoms with Crippen molar-refractivity contribution < 1.29 is 4.79 Å². The summed E-state index contributed by atoms with van der Waals surface area (Å²) in [7, 11) is 1.77. The lowest BCUT2D eigenvalue weighted by Gasteiger charge is -1.97. The highest BCUT2D eigenvalue weighted by Crippen LogP contribution is 2.13. The first-order valence-corrected chi connectivity index (χ1v) is 5.71. The van der Waals surface area contributed by atoms with Gasteiger partial charge in [-0.3, -0.25) is 9.48 Å². The van der Waals surface area contributed by atoms with Crippen LogP contribution in [0.25, 0.3) is 0 Å². The molecule has 0 fully saturated rings. The quantitative estimate of drug-likeness (QED) is 0.809. The van der Waals surface area contributed by atoms with Gasteiger partial charge < -0.3 is 0 Å². The van der Waals surface area contributed by atoms with E-state index in [-0.39, 0.29) is 0 Å². The molecule has 0 aliphatic carbocycles. The van der Waals surface area contributed by atoms with E-state index in [4.69, 9.17) is 0 Å². The van der Waals surface area contributed by atoms with Gasteiger partial charge in [-0.25, -0.2) is 0 Å². The second-order valence-corrected chi connectivity index (χ2v) is 4.52. The molecule has 0 N–H and O–H groups in total. The maximum Gasteiger partial charge on any atom is 0.168 e. The first-order valence-electron chi connectivity index (χ1n) is 4.91. The van der Waals surface area contributed by atoms with Gasteiger partial charge in [0.25, 0.3) is 0 Å². The Morgan fingerprint density at radius 3 is 2.62 bits per heavy atom. The number of aryl methyl sites for hydroxylation is 1. The van der Waals surface area contributed by atoms with Crippen molar-refractivity contribution in [3.8, 4) is 0 Å². The summed E-state index contributed by atoms with van der Waals surface area (Å²) >= 11 is 3.39. The number of aromatic nitrogens is 2. The Balaban J connectivity index is 2.20. The van der Waals surface area contributed by atoms with Gasteiger partial charge in [-0.15, -0.1) is 0 Å². The maximum absolute atomic E-state index is 10.7. The van der Waals surface area contributed by atoms with Crippen molar-refractivity contribution in [2.24, 2.45) is 7.05 Å². The SMILES string of the molecule is Cn1nc(Cc2ccc(Br)cc2)cc1C=O. The average molecular weight is 279 g/mol. The van der Waals surface area contributed by atoms with E-state index in [2.05, 4.69) is 21.0 Å². The Bertz CT molecular complexity index is 502. The van der Waals surface area contributed by atoms with Gasteiger partial charge >= 0.3 is 0 Å². The van der Waals surface area contributed by atoms with Crippen molar-refractivity contribution >= 4 is 22.2 Å². The second kappa shape index (κ2) is 4.61. The van der Waals surface area contributed by atoms with Crippen LogP contribution >= 0.6 is 15.9 Å². The molecule has 1 aromatic heterocycles. The predicted molar refractivity (Wildman–Crippen MR) is 65.5 cm³/mol. The van der Waals surface area contributed by atoms with Crippen molar-refractivity contribution in [2.45, 2.75) is 6.42 Å². The second-order valence-electron chi connectivity index (χ2n) is 3.61. The van der Waals surface area contributed by atoms with Gasteiger partial charge in [-0.2, -0.15) is 5.10 Å². The molecule has 1 heterocycles. The molecule has 1 aromatic carbocycles. The Morgan fingerprint density at radius 2 is 2.06 bits per heavy atom. The molecular weight excluding hydrogens is 268 g/mol. The Hall–Kier alpha value is -1.42. The van der Waals surface area contributed by atoms with Gasteiger partial charge in [0.1, 0.15) is 5.69 Å². The molecule has 0 spiro atoms. The zero-order valence-corrected chi connectivity index (χ0v) is 10.4. The molecule has 0 bridgehead atoms. The smallest absolute Gasteiger partial charge is 0.168 e. The summed E-state index contributed by atoms with van der Waals surface area (Å²) in [6, 6.07) is 9.89. The molecular formula is C12H11BrN2O. The number of hydrogen-bond donors (Lipinski definition) is 0. The van der Waals surface area contributed by atoms with Crippen LogP contribution in [0.4, 0.5) is 0 Å². The van der Waals surface area contributed by atoms with Crippen LogP contribution in [0.1, 0.15) is 21.7 Å². The fraction of sp³-hybridized carbons (Fsp3) is 0.167. The number of carbonyl (C=O) groups is 1. The zero-order chi connectivity index (χ0) is 11.5. The molecule has 0 radical (unpaired) electrons. The lowest BCUT2D eigenvalue weighted by Crippen LogP contribution is -1.96. The van der Waals surface area contributed by atoms with Crippen LogP contribution < -0.4 is 0 Å². The lowest BCUT2D eigenvalue weighted by atomic mass is 10.1. The van der Waals surface area contributed by atoms with Crippen LogP contribution in [0.15, 0.2) is 34.8 Å². The number of nitrogens with zero attached hydrogens (tertiary/aromatic N) is 2. The maximum atomic E-state index is 10.7. The minimum atomic E-state index is 0.604. The monoisotopic (exact) mass is 278 g/mol. The molecule has 0 saturated heterocycles. The predicted octanol–water partition coefficient (Wildman–Crippen LogP) is 2.59. The number of aldehydes is 1. The summed E-state index contributed by atoms with van der Waals surface area (Å²) in [5, 5.41) is 4.27. The fourth-order valence-corrected chi connectivity index (χ4v) is 1.82. The highest BCUT2D eigenvalue weighted by Gasteiger charge is 2.04. The molecule has 0 amide bonds. The van der Waals surface area contributed by atoms with Gasteiger partial charge in [-0.05, 0) is 23.8 Å². The normalized spacial score (nSPS) is 10.4. The van der Waals surface area contributed by atoms with Crippen LogP contribution in [0.5, 0.6) is 0 Å². The van der Waals surface area contributed by atoms with Crippen molar-refractivity contribution in [3.05, 3.63) is 51.8 Å². The van der Waals surface area contributed by atoms with E-state index in [0.29, 0.717) is 5.69 Å². The Morgan fingerprint density at radius 1 is 1.38 bits per heavy atom. The minimum Gasteiger partial charge on any atom is -0.296 e. The largest absolute Gasteiger partial charge is 0.296 e. The van der Waals surface area contributed by atoms with Crippen LogP contribution in [-0.4, -0.2) is 16.1 Å². The molecule has 82 valence electrons. The summed E-state index contributed by atoms with van der Waals surface area (Å²) in [5.74, 6) is 0. The first-order chi connectivity index (χ1) is 7.69. The third kappa shape index (κ3) is 2.39. The van der Waals surface area contributed by atoms with E-state index in [1.54, 1.807) is 11.7 Å². The van der Waals surface area contributed by atoms with Crippen molar-refractivity contribution in [3.63, 3.8) is 0 Å². The average Bonchev–Trinajstić information content (AvgIpc) is 2.62. The summed E-state index contributed by atoms with van der Waals surface area (Å²) in [6.07, 6.45) is 1.56. The summed E-state index contributed by atoms with van der Waals surface area (Å²) in [4.78, 5) is 10.7. The highest BCUT2D eigenvalue weighted by molar-refractivity contribution is 9.10. The third-order valence-electron chi connectivity index (χ3n) is 2.39. The van der Waals surface area contributed by atoms with Gasteiger partial charge in [0.05, 0.1) is 5.69 Å². The van der Waals surface area contributed by atoms with Crippen molar-refractivity contribution in [1.82, 2.24) is 9.78 Å². The van der Waals surface area contributed by atoms with Crippen LogP contribution in [0.2, 0.25) is 0 Å². The standard InChI is InChI=1S/C12H11BrN2O/c1-15-12(8-16)7-11(14-15)6-9-2-4-10(13)5-3-9/h2-5,7-8H,6H2,1H3. The molecule has 16 heavy (non-hydrogen) atoms. The van der Waals surface area contributed by atoms with Gasteiger partial charge in [0, 0.05) is 17.9 Å². The molecule has 0 unspecified atom stereocenters. The topological polar surface area (TPSA) is 34.9 Å². The summed E-state index contributed by atoms with van der Waals surface area (Å²) in [6.45, 7) is 0. The van der Waals surface area contributed by atoms with E-state index in [1.807, 2.05) is 30.3 Å². The number of halogens is 1. The van der Waals surface area contributed by atoms with E-state index < -0.39 is 0 Å². The lowest BCUT2D eigenvalue weighted by molar-refractivity contribution is 0.111. The number of carbonyl (C=O) groups excluding carboxylic acids is 1. The van der Waals surface area contributed by atoms with E-state index in [0.717, 1.165) is 22.9 Å². The van der Waals surface area contributed by atoms with Crippen LogP contribution in [0, 0.1) is 0 Å². The number of benzene rings is 1. The van der Waals surface area contributed by atoms with Crippen molar-refractivity contribution in [1.29, 1.82) is 0 Å². The van der Waals surface area contributed by atoms with Crippen LogP contribution in [0.3, 0.4) is 0 Å². The molecule has 2 rings (SSSR count). The third-order valence-corrected chi connectivity index (χ3v) is 2.91. The number of rotatable bonds is 3. The summed E-state index contributed by atoms with van der Waals surface area (Å²) < 4.78 is 2.66. The molecule has 0 aliphatic rings. The molecule has 0 atom stereocenters. The fourth-order valence-electron chi connectivity index (χ4n) is 1.55. The van der Waals surface area contributed by atoms with Crippen LogP contribution in [-0.2, 0) is 13.5 Å². The molecule has 3 nitrogen and oxygen atoms in total. The molecule has 0 aliphatic heterocycles. The van der Waals surface area contributed by atoms with Gasteiger partial charge in [-0.1, -0.05) is 28.1 Å². The zero-order valence-electron chi connectivity index (χ0n) is 8.85. The van der Waals surface area contributed by atoms with Crippen molar-refractivity contribution in [2.75, 3.05) is 0 Å². The number of hydrogen-bond acceptors (Lipinski definition) is 2. The molecule has 0 saturated carbocycles. The molecule has 2 aromatic rings. The summed E-state index contributed by atoms with van der Waals surface area (Å²) in [5.41, 5.74) is 2.69. The Kier molecular flexibility index (Phi) is 3.19. The first kappa shape index (κ1) is 11.1. The van der Waals surface area contributed by atoms with E-state index >= 15 is 0 Å². The van der Waals surface area contributed by atoms with Gasteiger partial charge in [0.15, 0.2) is 6.29 Å². The van der Waals surface area contributed by atoms with Gasteiger partial charge in [0.2, 0.25) is 0 Å². The highest BCUT2D eigenvalue weighted by atomic mass is 79.9. The van der Waals surface area contributed by atoms with E-state index in [9.17, 15) is 4.79 Å². The molecule has 4 heteroatoms. The van der Waals surface area contributed by atoms with E-state index in [1.165, 1.54) is 5.56 Å². The minimum absolute atomic E-state index is 0.604. The Labute approximate surface area is 102 Å².